The highest BCUT2D eigenvalue weighted by Gasteiger charge is 1.96. The van der Waals surface area contributed by atoms with E-state index in [2.05, 4.69) is 35.2 Å². The van der Waals surface area contributed by atoms with Crippen molar-refractivity contribution in [2.24, 2.45) is 0 Å². The summed E-state index contributed by atoms with van der Waals surface area (Å²) in [5, 5.41) is 3.28. The molecule has 0 unspecified atom stereocenters. The lowest BCUT2D eigenvalue weighted by molar-refractivity contribution is 1.64. The van der Waals surface area contributed by atoms with E-state index < -0.39 is 0 Å². The molecule has 1 aliphatic rings. The summed E-state index contributed by atoms with van der Waals surface area (Å²) in [6, 6.07) is 8.28. The van der Waals surface area contributed by atoms with Crippen LogP contribution in [0.25, 0.3) is 6.08 Å². The van der Waals surface area contributed by atoms with Gasteiger partial charge in [0, 0.05) is 14.0 Å². The lowest BCUT2D eigenvalue weighted by Crippen LogP contribution is -1.82. The van der Waals surface area contributed by atoms with Crippen LogP contribution in [0.3, 0.4) is 0 Å². The zero-order chi connectivity index (χ0) is 7.52. The third-order valence-electron chi connectivity index (χ3n) is 1.58. The van der Waals surface area contributed by atoms with E-state index in [1.54, 1.807) is 0 Å². The number of benzene rings is 1. The van der Waals surface area contributed by atoms with Crippen LogP contribution in [0.4, 0.5) is 5.69 Å². The van der Waals surface area contributed by atoms with E-state index in [0.717, 1.165) is 8.35 Å². The van der Waals surface area contributed by atoms with E-state index in [4.69, 9.17) is 0 Å². The zero-order valence-corrected chi connectivity index (χ0v) is 6.88. The molecule has 2 heteroatoms. The Bertz CT molecular complexity index is 315. The van der Waals surface area contributed by atoms with Gasteiger partial charge >= 0.3 is 0 Å². The maximum atomic E-state index is 3.28. The molecular formula is C9H8NP. The van der Waals surface area contributed by atoms with E-state index in [0.29, 0.717) is 0 Å². The Morgan fingerprint density at radius 3 is 3.09 bits per heavy atom. The second-order valence-corrected chi connectivity index (χ2v) is 3.12. The molecule has 1 N–H and O–H groups in total. The van der Waals surface area contributed by atoms with Crippen LogP contribution in [0.5, 0.6) is 0 Å². The van der Waals surface area contributed by atoms with Gasteiger partial charge in [-0.05, 0) is 17.4 Å². The highest BCUT2D eigenvalue weighted by Crippen LogP contribution is 2.21. The van der Waals surface area contributed by atoms with Gasteiger partial charge in [-0.2, -0.15) is 0 Å². The number of hydrogen-bond acceptors (Lipinski definition) is 1. The second kappa shape index (κ2) is 2.89. The molecule has 1 aliphatic heterocycles. The zero-order valence-electron chi connectivity index (χ0n) is 5.99. The minimum atomic E-state index is 1.15. The number of allylic oxidation sites excluding steroid dienone is 1. The molecule has 0 saturated carbocycles. The van der Waals surface area contributed by atoms with Crippen molar-refractivity contribution in [3.05, 3.63) is 35.9 Å². The van der Waals surface area contributed by atoms with Gasteiger partial charge in [0.2, 0.25) is 0 Å². The summed E-state index contributed by atoms with van der Waals surface area (Å²) in [7, 11) is 1.15. The van der Waals surface area contributed by atoms with Gasteiger partial charge in [-0.15, -0.1) is 0 Å². The lowest BCUT2D eigenvalue weighted by Gasteiger charge is -2.01. The second-order valence-electron chi connectivity index (χ2n) is 2.34. The van der Waals surface area contributed by atoms with Crippen LogP contribution < -0.4 is 5.09 Å². The van der Waals surface area contributed by atoms with Crippen LogP contribution in [0.1, 0.15) is 5.56 Å². The fraction of sp³-hybridized carbons (Fsp3) is 0. The quantitative estimate of drug-likeness (QED) is 0.577. The molecule has 1 nitrogen and oxygen atoms in total. The van der Waals surface area contributed by atoms with Crippen LogP contribution >= 0.6 is 8.35 Å². The molecule has 1 aromatic rings. The van der Waals surface area contributed by atoms with Crippen LogP contribution in [0.15, 0.2) is 30.3 Å². The van der Waals surface area contributed by atoms with Gasteiger partial charge in [-0.25, -0.2) is 0 Å². The van der Waals surface area contributed by atoms with Crippen LogP contribution in [0.2, 0.25) is 0 Å². The molecule has 0 radical (unpaired) electrons. The van der Waals surface area contributed by atoms with Crippen molar-refractivity contribution >= 4 is 25.9 Å². The molecule has 0 atom stereocenters. The number of hydrogen-bond donors (Lipinski definition) is 1. The van der Waals surface area contributed by atoms with Gasteiger partial charge in [0.25, 0.3) is 0 Å². The van der Waals surface area contributed by atoms with Crippen molar-refractivity contribution in [2.45, 2.75) is 0 Å². The average Bonchev–Trinajstić information content (AvgIpc) is 2.28. The number of para-hydroxylation sites is 1. The van der Waals surface area contributed by atoms with Crippen molar-refractivity contribution in [1.29, 1.82) is 0 Å². The van der Waals surface area contributed by atoms with Gasteiger partial charge in [-0.1, -0.05) is 30.4 Å². The molecule has 11 heavy (non-hydrogen) atoms. The average molecular weight is 161 g/mol. The number of rotatable bonds is 0. The van der Waals surface area contributed by atoms with Crippen molar-refractivity contribution in [3.8, 4) is 0 Å². The maximum Gasteiger partial charge on any atom is 0.0488 e. The Kier molecular flexibility index (Phi) is 1.74. The molecule has 0 spiro atoms. The van der Waals surface area contributed by atoms with E-state index >= 15 is 0 Å². The maximum absolute atomic E-state index is 3.28. The molecule has 0 fully saturated rings. The van der Waals surface area contributed by atoms with Gasteiger partial charge in [0.15, 0.2) is 0 Å². The molecule has 0 aliphatic carbocycles. The predicted molar refractivity (Wildman–Crippen MR) is 52.1 cm³/mol. The van der Waals surface area contributed by atoms with Crippen molar-refractivity contribution in [3.63, 3.8) is 0 Å². The van der Waals surface area contributed by atoms with Crippen molar-refractivity contribution in [2.75, 3.05) is 5.09 Å². The van der Waals surface area contributed by atoms with Gasteiger partial charge in [0.1, 0.15) is 0 Å². The Hall–Kier alpha value is -1.07. The molecule has 54 valence electrons. The first kappa shape index (κ1) is 6.63. The fourth-order valence-electron chi connectivity index (χ4n) is 1.04. The number of nitrogens with one attached hydrogen (secondary N) is 1. The molecule has 1 heterocycles. The molecule has 0 bridgehead atoms. The minimum absolute atomic E-state index is 1.15. The van der Waals surface area contributed by atoms with Crippen LogP contribution in [-0.4, -0.2) is 5.80 Å². The highest BCUT2D eigenvalue weighted by atomic mass is 31.1. The molecule has 2 rings (SSSR count). The largest absolute Gasteiger partial charge is 0.338 e. The normalized spacial score (nSPS) is 14.9. The van der Waals surface area contributed by atoms with Crippen LogP contribution in [-0.2, 0) is 0 Å². The first-order valence-corrected chi connectivity index (χ1v) is 4.48. The summed E-state index contributed by atoms with van der Waals surface area (Å²) in [6.45, 7) is 0. The Balaban J connectivity index is 2.52. The fourth-order valence-corrected chi connectivity index (χ4v) is 1.63. The molecule has 0 saturated heterocycles. The molecule has 0 amide bonds. The van der Waals surface area contributed by atoms with E-state index in [-0.39, 0.29) is 0 Å². The summed E-state index contributed by atoms with van der Waals surface area (Å²) in [5.74, 6) is 2.08. The van der Waals surface area contributed by atoms with E-state index in [1.165, 1.54) is 11.3 Å². The highest BCUT2D eigenvalue weighted by molar-refractivity contribution is 7.40. The first-order valence-electron chi connectivity index (χ1n) is 3.51. The topological polar surface area (TPSA) is 12.0 Å². The summed E-state index contributed by atoms with van der Waals surface area (Å²) in [4.78, 5) is 0. The number of anilines is 1. The van der Waals surface area contributed by atoms with Crippen LogP contribution in [0, 0.1) is 0 Å². The van der Waals surface area contributed by atoms with Crippen molar-refractivity contribution in [1.82, 2.24) is 0 Å². The van der Waals surface area contributed by atoms with E-state index in [1.807, 2.05) is 12.1 Å². The third kappa shape index (κ3) is 1.33. The summed E-state index contributed by atoms with van der Waals surface area (Å²) in [5.41, 5.74) is 2.47. The SMILES string of the molecule is C1=Cc2ccccc2NP=C1. The summed E-state index contributed by atoms with van der Waals surface area (Å²) in [6.07, 6.45) is 4.18. The monoisotopic (exact) mass is 161 g/mol. The van der Waals surface area contributed by atoms with Gasteiger partial charge in [-0.3, -0.25) is 0 Å². The molecule has 1 aromatic carbocycles. The minimum Gasteiger partial charge on any atom is -0.338 e. The summed E-state index contributed by atoms with van der Waals surface area (Å²) >= 11 is 0. The van der Waals surface area contributed by atoms with E-state index in [9.17, 15) is 0 Å². The Morgan fingerprint density at radius 1 is 1.18 bits per heavy atom. The van der Waals surface area contributed by atoms with Gasteiger partial charge in [0.05, 0.1) is 0 Å². The number of fused-ring (bicyclic) bond motifs is 1. The Labute approximate surface area is 67.6 Å². The predicted octanol–water partition coefficient (Wildman–Crippen LogP) is 2.79. The Morgan fingerprint density at radius 2 is 2.09 bits per heavy atom. The molecular weight excluding hydrogens is 153 g/mol. The first-order chi connectivity index (χ1) is 5.47. The molecule has 0 aromatic heterocycles. The standard InChI is InChI=1S/C9H8NP/c1-2-6-9-8(4-1)5-3-7-11-10-9/h1-7,10H. The smallest absolute Gasteiger partial charge is 0.0488 e. The third-order valence-corrected chi connectivity index (χ3v) is 2.27. The van der Waals surface area contributed by atoms with Crippen molar-refractivity contribution < 1.29 is 0 Å². The lowest BCUT2D eigenvalue weighted by atomic mass is 10.2. The summed E-state index contributed by atoms with van der Waals surface area (Å²) < 4.78 is 0. The van der Waals surface area contributed by atoms with Gasteiger partial charge < -0.3 is 5.09 Å².